The summed E-state index contributed by atoms with van der Waals surface area (Å²) >= 11 is 4.84. The molecule has 4 nitrogen and oxygen atoms in total. The van der Waals surface area contributed by atoms with Crippen molar-refractivity contribution in [1.82, 2.24) is 4.31 Å². The number of hydrogen-bond acceptors (Lipinski definition) is 3. The summed E-state index contributed by atoms with van der Waals surface area (Å²) in [4.78, 5) is 0.747. The molecule has 1 aliphatic heterocycles. The fraction of sp³-hybridized carbons (Fsp3) is 0.462. The van der Waals surface area contributed by atoms with Gasteiger partial charge in [-0.3, -0.25) is 0 Å². The molecule has 1 aliphatic rings. The highest BCUT2D eigenvalue weighted by Gasteiger charge is 2.32. The average Bonchev–Trinajstić information content (AvgIpc) is 2.76. The Labute approximate surface area is 119 Å². The molecule has 2 rings (SSSR count). The summed E-state index contributed by atoms with van der Waals surface area (Å²) in [7, 11) is -3.36. The van der Waals surface area contributed by atoms with Crippen LogP contribution < -0.4 is 5.73 Å². The number of hydrogen-bond donors (Lipinski definition) is 1. The average molecular weight is 298 g/mol. The van der Waals surface area contributed by atoms with Crippen LogP contribution in [0, 0.1) is 0 Å². The van der Waals surface area contributed by atoms with Crippen molar-refractivity contribution in [3.8, 4) is 0 Å². The van der Waals surface area contributed by atoms with Crippen LogP contribution in [-0.4, -0.2) is 30.3 Å². The van der Waals surface area contributed by atoms with Gasteiger partial charge in [-0.15, -0.1) is 0 Å². The summed E-state index contributed by atoms with van der Waals surface area (Å²) in [5.41, 5.74) is 6.40. The number of thiocarbonyl (C=S) groups is 1. The van der Waals surface area contributed by atoms with E-state index < -0.39 is 10.0 Å². The fourth-order valence-corrected chi connectivity index (χ4v) is 4.25. The Bertz CT molecular complexity index is 567. The molecule has 1 fully saturated rings. The van der Waals surface area contributed by atoms with Crippen LogP contribution in [-0.2, 0) is 16.4 Å². The van der Waals surface area contributed by atoms with E-state index in [2.05, 4.69) is 0 Å². The molecule has 0 bridgehead atoms. The summed E-state index contributed by atoms with van der Waals surface area (Å²) in [5, 5.41) is 0. The van der Waals surface area contributed by atoms with Crippen LogP contribution in [0.4, 0.5) is 0 Å². The van der Waals surface area contributed by atoms with Crippen molar-refractivity contribution in [2.75, 3.05) is 6.54 Å². The van der Waals surface area contributed by atoms with Crippen LogP contribution in [0.5, 0.6) is 0 Å². The van der Waals surface area contributed by atoms with Crippen molar-refractivity contribution in [2.45, 2.75) is 37.1 Å². The fourth-order valence-electron chi connectivity index (χ4n) is 2.38. The van der Waals surface area contributed by atoms with Gasteiger partial charge in [0, 0.05) is 19.0 Å². The zero-order valence-corrected chi connectivity index (χ0v) is 12.5. The van der Waals surface area contributed by atoms with Crippen LogP contribution in [0.3, 0.4) is 0 Å². The molecule has 19 heavy (non-hydrogen) atoms. The molecule has 0 saturated carbocycles. The number of rotatable bonds is 4. The van der Waals surface area contributed by atoms with Crippen molar-refractivity contribution in [3.63, 3.8) is 0 Å². The second-order valence-corrected chi connectivity index (χ2v) is 7.31. The lowest BCUT2D eigenvalue weighted by Crippen LogP contribution is -2.33. The minimum Gasteiger partial charge on any atom is -0.393 e. The van der Waals surface area contributed by atoms with E-state index in [1.165, 1.54) is 0 Å². The maximum atomic E-state index is 12.5. The molecule has 0 aliphatic carbocycles. The monoisotopic (exact) mass is 298 g/mol. The van der Waals surface area contributed by atoms with Crippen LogP contribution >= 0.6 is 12.2 Å². The molecule has 1 aromatic carbocycles. The van der Waals surface area contributed by atoms with Gasteiger partial charge in [-0.25, -0.2) is 8.42 Å². The van der Waals surface area contributed by atoms with Gasteiger partial charge in [-0.2, -0.15) is 4.31 Å². The Morgan fingerprint density at radius 1 is 1.42 bits per heavy atom. The van der Waals surface area contributed by atoms with Gasteiger partial charge in [0.2, 0.25) is 10.0 Å². The van der Waals surface area contributed by atoms with Crippen molar-refractivity contribution in [3.05, 3.63) is 29.8 Å². The first-order chi connectivity index (χ1) is 8.91. The minimum atomic E-state index is -3.36. The summed E-state index contributed by atoms with van der Waals surface area (Å²) in [6.07, 6.45) is 2.36. The van der Waals surface area contributed by atoms with Gasteiger partial charge in [0.15, 0.2) is 0 Å². The number of benzene rings is 1. The first kappa shape index (κ1) is 14.4. The zero-order valence-electron chi connectivity index (χ0n) is 10.9. The highest BCUT2D eigenvalue weighted by Crippen LogP contribution is 2.25. The summed E-state index contributed by atoms with van der Waals surface area (Å²) < 4.78 is 26.5. The second kappa shape index (κ2) is 5.56. The molecule has 0 spiro atoms. The third-order valence-corrected chi connectivity index (χ3v) is 5.57. The van der Waals surface area contributed by atoms with E-state index in [1.807, 2.05) is 6.92 Å². The van der Waals surface area contributed by atoms with Gasteiger partial charge < -0.3 is 5.73 Å². The Morgan fingerprint density at radius 2 is 2.05 bits per heavy atom. The van der Waals surface area contributed by atoms with Gasteiger partial charge in [-0.05, 0) is 37.5 Å². The van der Waals surface area contributed by atoms with E-state index in [9.17, 15) is 8.42 Å². The van der Waals surface area contributed by atoms with Crippen molar-refractivity contribution < 1.29 is 8.42 Å². The Kier molecular flexibility index (Phi) is 4.23. The highest BCUT2D eigenvalue weighted by molar-refractivity contribution is 7.89. The number of sulfonamides is 1. The van der Waals surface area contributed by atoms with Crippen molar-refractivity contribution >= 4 is 27.2 Å². The molecular formula is C13H18N2O2S2. The van der Waals surface area contributed by atoms with Gasteiger partial charge in [0.1, 0.15) is 0 Å². The highest BCUT2D eigenvalue weighted by atomic mass is 32.2. The second-order valence-electron chi connectivity index (χ2n) is 4.89. The van der Waals surface area contributed by atoms with E-state index >= 15 is 0 Å². The van der Waals surface area contributed by atoms with Crippen LogP contribution in [0.2, 0.25) is 0 Å². The van der Waals surface area contributed by atoms with E-state index in [-0.39, 0.29) is 6.04 Å². The van der Waals surface area contributed by atoms with Crippen LogP contribution in [0.15, 0.2) is 29.2 Å². The normalized spacial score (nSPS) is 20.6. The molecule has 0 aromatic heterocycles. The molecule has 1 heterocycles. The summed E-state index contributed by atoms with van der Waals surface area (Å²) in [5.74, 6) is 0. The predicted molar refractivity (Wildman–Crippen MR) is 79.5 cm³/mol. The van der Waals surface area contributed by atoms with Crippen molar-refractivity contribution in [1.29, 1.82) is 0 Å². The molecule has 0 radical (unpaired) electrons. The third-order valence-electron chi connectivity index (χ3n) is 3.40. The molecule has 2 N–H and O–H groups in total. The lowest BCUT2D eigenvalue weighted by atomic mass is 10.1. The summed E-state index contributed by atoms with van der Waals surface area (Å²) in [6.45, 7) is 2.56. The van der Waals surface area contributed by atoms with Gasteiger partial charge in [0.05, 0.1) is 9.88 Å². The maximum absolute atomic E-state index is 12.5. The first-order valence-electron chi connectivity index (χ1n) is 6.30. The van der Waals surface area contributed by atoms with Crippen LogP contribution in [0.25, 0.3) is 0 Å². The van der Waals surface area contributed by atoms with Crippen molar-refractivity contribution in [2.24, 2.45) is 5.73 Å². The maximum Gasteiger partial charge on any atom is 0.243 e. The number of nitrogens with zero attached hydrogens (tertiary/aromatic N) is 1. The first-order valence-corrected chi connectivity index (χ1v) is 8.15. The Balaban J connectivity index is 2.24. The predicted octanol–water partition coefficient (Wildman–Crippen LogP) is 1.69. The minimum absolute atomic E-state index is 0.0845. The molecular weight excluding hydrogens is 280 g/mol. The lowest BCUT2D eigenvalue weighted by Gasteiger charge is -2.21. The number of nitrogens with two attached hydrogens (primary N) is 1. The van der Waals surface area contributed by atoms with Gasteiger partial charge >= 0.3 is 0 Å². The topological polar surface area (TPSA) is 63.4 Å². The summed E-state index contributed by atoms with van der Waals surface area (Å²) in [6, 6.07) is 6.89. The standard InChI is InChI=1S/C13H18N2O2S2/c1-10-3-2-8-15(10)19(16,17)12-6-4-11(5-7-12)9-13(14)18/h4-7,10H,2-3,8-9H2,1H3,(H2,14,18). The van der Waals surface area contributed by atoms with E-state index in [4.69, 9.17) is 18.0 Å². The quantitative estimate of drug-likeness (QED) is 0.859. The Morgan fingerprint density at radius 3 is 2.53 bits per heavy atom. The third kappa shape index (κ3) is 3.13. The molecule has 104 valence electrons. The van der Waals surface area contributed by atoms with Crippen LogP contribution in [0.1, 0.15) is 25.3 Å². The molecule has 6 heteroatoms. The smallest absolute Gasteiger partial charge is 0.243 e. The van der Waals surface area contributed by atoms with Gasteiger partial charge in [0.25, 0.3) is 0 Å². The van der Waals surface area contributed by atoms with E-state index in [0.29, 0.717) is 22.8 Å². The molecule has 1 saturated heterocycles. The van der Waals surface area contributed by atoms with E-state index in [1.54, 1.807) is 28.6 Å². The van der Waals surface area contributed by atoms with Gasteiger partial charge in [-0.1, -0.05) is 24.4 Å². The van der Waals surface area contributed by atoms with E-state index in [0.717, 1.165) is 18.4 Å². The SMILES string of the molecule is CC1CCCN1S(=O)(=O)c1ccc(CC(N)=S)cc1. The lowest BCUT2D eigenvalue weighted by molar-refractivity contribution is 0.408. The largest absolute Gasteiger partial charge is 0.393 e. The molecule has 0 amide bonds. The molecule has 1 aromatic rings. The Hall–Kier alpha value is -0.980. The zero-order chi connectivity index (χ0) is 14.0. The molecule has 1 unspecified atom stereocenters. The molecule has 1 atom stereocenters.